The third-order valence-corrected chi connectivity index (χ3v) is 2.66. The van der Waals surface area contributed by atoms with Crippen molar-refractivity contribution in [3.63, 3.8) is 0 Å². The highest BCUT2D eigenvalue weighted by atomic mass is 32.2. The molecule has 8 heteroatoms. The molecule has 0 atom stereocenters. The van der Waals surface area contributed by atoms with Gasteiger partial charge in [0.15, 0.2) is 0 Å². The van der Waals surface area contributed by atoms with Gasteiger partial charge < -0.3 is 9.84 Å². The summed E-state index contributed by atoms with van der Waals surface area (Å²) in [7, 11) is 1.05. The van der Waals surface area contributed by atoms with Gasteiger partial charge in [-0.05, 0) is 23.9 Å². The Balaban J connectivity index is 3.30. The first-order chi connectivity index (χ1) is 8.30. The first-order valence-electron chi connectivity index (χ1n) is 4.40. The van der Waals surface area contributed by atoms with Crippen LogP contribution in [-0.4, -0.2) is 23.7 Å². The van der Waals surface area contributed by atoms with Crippen molar-refractivity contribution in [1.82, 2.24) is 0 Å². The van der Waals surface area contributed by atoms with Gasteiger partial charge in [-0.25, -0.2) is 4.79 Å². The predicted octanol–water partition coefficient (Wildman–Crippen LogP) is 2.66. The highest BCUT2D eigenvalue weighted by Gasteiger charge is 2.32. The molecule has 0 radical (unpaired) electrons. The van der Waals surface area contributed by atoms with Crippen molar-refractivity contribution in [1.29, 1.82) is 5.26 Å². The zero-order chi connectivity index (χ0) is 13.9. The molecule has 0 aromatic heterocycles. The number of methoxy groups -OCH3 is 1. The summed E-state index contributed by atoms with van der Waals surface area (Å²) in [5.41, 5.74) is -5.43. The number of rotatable bonds is 2. The molecule has 0 bridgehead atoms. The Morgan fingerprint density at radius 2 is 2.11 bits per heavy atom. The first kappa shape index (κ1) is 14.2. The van der Waals surface area contributed by atoms with E-state index < -0.39 is 39.4 Å². The summed E-state index contributed by atoms with van der Waals surface area (Å²) >= 11 is -0.568. The van der Waals surface area contributed by atoms with Crippen molar-refractivity contribution in [2.45, 2.75) is 10.4 Å². The molecule has 18 heavy (non-hydrogen) atoms. The smallest absolute Gasteiger partial charge is 0.446 e. The van der Waals surface area contributed by atoms with Crippen LogP contribution in [0.15, 0.2) is 17.0 Å². The predicted molar refractivity (Wildman–Crippen MR) is 56.1 cm³/mol. The Bertz CT molecular complexity index is 522. The van der Waals surface area contributed by atoms with Gasteiger partial charge in [0, 0.05) is 0 Å². The van der Waals surface area contributed by atoms with E-state index in [9.17, 15) is 23.1 Å². The average Bonchev–Trinajstić information content (AvgIpc) is 2.28. The minimum Gasteiger partial charge on any atom is -0.505 e. The highest BCUT2D eigenvalue weighted by molar-refractivity contribution is 8.00. The number of nitrogens with zero attached hydrogens (tertiary/aromatic N) is 1. The van der Waals surface area contributed by atoms with Crippen molar-refractivity contribution < 1.29 is 27.8 Å². The Labute approximate surface area is 104 Å². The van der Waals surface area contributed by atoms with Crippen LogP contribution in [0.4, 0.5) is 13.2 Å². The van der Waals surface area contributed by atoms with E-state index >= 15 is 0 Å². The van der Waals surface area contributed by atoms with E-state index in [-0.39, 0.29) is 5.56 Å². The quantitative estimate of drug-likeness (QED) is 0.664. The van der Waals surface area contributed by atoms with Crippen molar-refractivity contribution in [3.8, 4) is 11.8 Å². The number of ether oxygens (including phenoxy) is 1. The second kappa shape index (κ2) is 5.18. The Kier molecular flexibility index (Phi) is 4.08. The molecular formula is C10H6F3NO3S. The van der Waals surface area contributed by atoms with Crippen LogP contribution in [-0.2, 0) is 4.74 Å². The molecule has 1 N–H and O–H groups in total. The molecule has 1 aromatic rings. The van der Waals surface area contributed by atoms with E-state index in [0.29, 0.717) is 0 Å². The zero-order valence-electron chi connectivity index (χ0n) is 8.91. The third kappa shape index (κ3) is 3.07. The lowest BCUT2D eigenvalue weighted by Gasteiger charge is -2.10. The normalized spacial score (nSPS) is 10.8. The number of benzene rings is 1. The topological polar surface area (TPSA) is 70.3 Å². The van der Waals surface area contributed by atoms with Gasteiger partial charge in [0.05, 0.1) is 17.6 Å². The fourth-order valence-corrected chi connectivity index (χ4v) is 1.76. The van der Waals surface area contributed by atoms with Gasteiger partial charge in [0.25, 0.3) is 0 Å². The molecule has 0 fully saturated rings. The number of carbonyl (C=O) groups excluding carboxylic acids is 1. The second-order valence-electron chi connectivity index (χ2n) is 2.99. The number of hydrogen-bond acceptors (Lipinski definition) is 5. The largest absolute Gasteiger partial charge is 0.505 e. The molecule has 0 heterocycles. The first-order valence-corrected chi connectivity index (χ1v) is 5.22. The molecule has 0 saturated carbocycles. The summed E-state index contributed by atoms with van der Waals surface area (Å²) in [6.45, 7) is 0. The molecule has 0 spiro atoms. The molecule has 1 aromatic carbocycles. The standard InChI is InChI=1S/C10H6F3NO3S/c1-17-9(16)5-2-3-7(18-10(11,12)13)8(15)6(5)4-14/h2-3,15H,1H3. The van der Waals surface area contributed by atoms with Gasteiger partial charge in [-0.1, -0.05) is 0 Å². The van der Waals surface area contributed by atoms with Crippen molar-refractivity contribution in [2.75, 3.05) is 7.11 Å². The number of hydrogen-bond donors (Lipinski definition) is 1. The maximum Gasteiger partial charge on any atom is 0.446 e. The van der Waals surface area contributed by atoms with E-state index in [2.05, 4.69) is 4.74 Å². The molecule has 0 aliphatic rings. The van der Waals surface area contributed by atoms with Gasteiger partial charge in [0.1, 0.15) is 17.4 Å². The van der Waals surface area contributed by atoms with Crippen LogP contribution in [0.2, 0.25) is 0 Å². The van der Waals surface area contributed by atoms with Crippen LogP contribution in [0.1, 0.15) is 15.9 Å². The molecule has 0 aliphatic carbocycles. The number of carbonyl (C=O) groups is 1. The Hall–Kier alpha value is -1.88. The second-order valence-corrected chi connectivity index (χ2v) is 4.09. The van der Waals surface area contributed by atoms with Crippen LogP contribution < -0.4 is 0 Å². The van der Waals surface area contributed by atoms with Crippen LogP contribution in [0.25, 0.3) is 0 Å². The van der Waals surface area contributed by atoms with E-state index in [1.807, 2.05) is 0 Å². The van der Waals surface area contributed by atoms with Gasteiger partial charge in [-0.2, -0.15) is 18.4 Å². The number of aromatic hydroxyl groups is 1. The molecule has 96 valence electrons. The summed E-state index contributed by atoms with van der Waals surface area (Å²) in [6.07, 6.45) is 0. The number of halogens is 3. The van der Waals surface area contributed by atoms with Gasteiger partial charge >= 0.3 is 11.5 Å². The number of nitriles is 1. The minimum atomic E-state index is -4.60. The maximum absolute atomic E-state index is 12.2. The number of alkyl halides is 3. The zero-order valence-corrected chi connectivity index (χ0v) is 9.72. The fourth-order valence-electron chi connectivity index (χ4n) is 1.17. The molecular weight excluding hydrogens is 271 g/mol. The van der Waals surface area contributed by atoms with Crippen LogP contribution >= 0.6 is 11.8 Å². The minimum absolute atomic E-state index is 0.288. The summed E-state index contributed by atoms with van der Waals surface area (Å²) in [5.74, 6) is -1.80. The molecule has 0 saturated heterocycles. The molecule has 1 rings (SSSR count). The molecule has 0 amide bonds. The Morgan fingerprint density at radius 1 is 1.50 bits per heavy atom. The molecule has 4 nitrogen and oxygen atoms in total. The van der Waals surface area contributed by atoms with Gasteiger partial charge in [-0.15, -0.1) is 0 Å². The van der Waals surface area contributed by atoms with Crippen LogP contribution in [0.5, 0.6) is 5.75 Å². The maximum atomic E-state index is 12.2. The summed E-state index contributed by atoms with van der Waals surface area (Å²) in [6, 6.07) is 3.38. The van der Waals surface area contributed by atoms with Crippen molar-refractivity contribution in [3.05, 3.63) is 23.3 Å². The fraction of sp³-hybridized carbons (Fsp3) is 0.200. The summed E-state index contributed by atoms with van der Waals surface area (Å²) in [4.78, 5) is 10.7. The van der Waals surface area contributed by atoms with E-state index in [1.165, 1.54) is 6.07 Å². The van der Waals surface area contributed by atoms with Crippen molar-refractivity contribution >= 4 is 17.7 Å². The molecule has 0 unspecified atom stereocenters. The highest BCUT2D eigenvalue weighted by Crippen LogP contribution is 2.42. The monoisotopic (exact) mass is 277 g/mol. The SMILES string of the molecule is COC(=O)c1ccc(SC(F)(F)F)c(O)c1C#N. The number of thioether (sulfide) groups is 1. The lowest BCUT2D eigenvalue weighted by molar-refractivity contribution is -0.0329. The molecule has 0 aliphatic heterocycles. The van der Waals surface area contributed by atoms with Crippen LogP contribution in [0, 0.1) is 11.3 Å². The lowest BCUT2D eigenvalue weighted by atomic mass is 10.1. The number of phenols is 1. The summed E-state index contributed by atoms with van der Waals surface area (Å²) in [5, 5.41) is 18.3. The summed E-state index contributed by atoms with van der Waals surface area (Å²) < 4.78 is 40.8. The number of phenolic OH excluding ortho intramolecular Hbond substituents is 1. The van der Waals surface area contributed by atoms with Crippen molar-refractivity contribution in [2.24, 2.45) is 0 Å². The lowest BCUT2D eigenvalue weighted by Crippen LogP contribution is -2.05. The van der Waals surface area contributed by atoms with E-state index in [4.69, 9.17) is 5.26 Å². The van der Waals surface area contributed by atoms with Crippen LogP contribution in [0.3, 0.4) is 0 Å². The Morgan fingerprint density at radius 3 is 2.56 bits per heavy atom. The average molecular weight is 277 g/mol. The van der Waals surface area contributed by atoms with E-state index in [0.717, 1.165) is 19.2 Å². The van der Waals surface area contributed by atoms with E-state index in [1.54, 1.807) is 0 Å². The number of esters is 1. The van der Waals surface area contributed by atoms with Gasteiger partial charge in [0.2, 0.25) is 0 Å². The van der Waals surface area contributed by atoms with Gasteiger partial charge in [-0.3, -0.25) is 0 Å². The third-order valence-electron chi connectivity index (χ3n) is 1.88.